The van der Waals surface area contributed by atoms with Crippen LogP contribution in [0.1, 0.15) is 12.0 Å². The first-order valence-corrected chi connectivity index (χ1v) is 9.33. The molecule has 1 heterocycles. The number of likely N-dealkylation sites (tertiary alicyclic amines) is 1. The van der Waals surface area contributed by atoms with Crippen LogP contribution in [0.3, 0.4) is 0 Å². The number of carbonyl (C=O) groups excluding carboxylic acids is 3. The molecule has 30 heavy (non-hydrogen) atoms. The standard InChI is InChI=1S/C20H21N5O5/c1-30-19(27)16(9-12-6-7-13-4-2-3-5-14(13)8-12)22-18(26)17-10-15(23-24-21)11-25(17)20(28)29/h2-8,15-17,21H,9-11H2,1H3,(H-,22,26,28,29). The molecule has 1 aliphatic heterocycles. The third-order valence-corrected chi connectivity index (χ3v) is 5.09. The van der Waals surface area contributed by atoms with Crippen LogP contribution >= 0.6 is 0 Å². The molecular formula is C20H21N5O5. The molecule has 3 atom stereocenters. The lowest BCUT2D eigenvalue weighted by Crippen LogP contribution is -2.54. The van der Waals surface area contributed by atoms with Gasteiger partial charge in [0, 0.05) is 19.4 Å². The molecule has 0 spiro atoms. The van der Waals surface area contributed by atoms with E-state index in [4.69, 9.17) is 10.3 Å². The number of amides is 2. The van der Waals surface area contributed by atoms with Crippen molar-refractivity contribution in [2.24, 2.45) is 5.11 Å². The molecule has 3 rings (SSSR count). The summed E-state index contributed by atoms with van der Waals surface area (Å²) in [4.78, 5) is 40.2. The van der Waals surface area contributed by atoms with Crippen molar-refractivity contribution >= 4 is 28.7 Å². The van der Waals surface area contributed by atoms with Gasteiger partial charge in [0.05, 0.1) is 7.11 Å². The summed E-state index contributed by atoms with van der Waals surface area (Å²) in [7, 11) is 1.22. The Morgan fingerprint density at radius 3 is 2.70 bits per heavy atom. The number of carbonyl (C=O) groups is 3. The number of ether oxygens (including phenoxy) is 1. The second kappa shape index (κ2) is 9.15. The number of esters is 1. The summed E-state index contributed by atoms with van der Waals surface area (Å²) >= 11 is 0. The van der Waals surface area contributed by atoms with Crippen LogP contribution in [0.15, 0.2) is 47.6 Å². The molecule has 10 nitrogen and oxygen atoms in total. The molecule has 1 saturated heterocycles. The van der Waals surface area contributed by atoms with E-state index < -0.39 is 36.1 Å². The summed E-state index contributed by atoms with van der Waals surface area (Å²) in [6.07, 6.45) is -1.30. The smallest absolute Gasteiger partial charge is 0.328 e. The maximum absolute atomic E-state index is 12.8. The highest BCUT2D eigenvalue weighted by atomic mass is 16.5. The molecule has 0 bridgehead atoms. The number of benzene rings is 2. The zero-order valence-corrected chi connectivity index (χ0v) is 16.3. The SMILES string of the molecule is COC(=O)C(Cc1ccc2ccccc2c1)NC(=O)C1CC(N=[N+]=N)CN1C(=O)[O-]. The first-order chi connectivity index (χ1) is 14.4. The number of carboxylic acid groups (broad SMARTS) is 1. The quantitative estimate of drug-likeness (QED) is 0.400. The van der Waals surface area contributed by atoms with Crippen molar-refractivity contribution in [2.75, 3.05) is 13.7 Å². The molecule has 10 heteroatoms. The van der Waals surface area contributed by atoms with Crippen LogP contribution in [0, 0.1) is 5.53 Å². The summed E-state index contributed by atoms with van der Waals surface area (Å²) in [5.41, 5.74) is 7.62. The van der Waals surface area contributed by atoms with Gasteiger partial charge < -0.3 is 24.9 Å². The maximum Gasteiger partial charge on any atom is 0.328 e. The summed E-state index contributed by atoms with van der Waals surface area (Å²) in [5.74, 6) is -1.30. The molecule has 0 radical (unpaired) electrons. The lowest BCUT2D eigenvalue weighted by molar-refractivity contribution is -0.266. The molecule has 0 saturated carbocycles. The third-order valence-electron chi connectivity index (χ3n) is 5.09. The fourth-order valence-corrected chi connectivity index (χ4v) is 3.63. The van der Waals surface area contributed by atoms with Gasteiger partial charge in [0.1, 0.15) is 28.8 Å². The van der Waals surface area contributed by atoms with E-state index in [-0.39, 0.29) is 19.4 Å². The number of fused-ring (bicyclic) bond motifs is 1. The van der Waals surface area contributed by atoms with Crippen molar-refractivity contribution in [1.82, 2.24) is 15.1 Å². The summed E-state index contributed by atoms with van der Waals surface area (Å²) in [6.45, 7) is -0.101. The number of methoxy groups -OCH3 is 1. The number of nitrogens with one attached hydrogen (secondary N) is 2. The predicted molar refractivity (Wildman–Crippen MR) is 103 cm³/mol. The minimum atomic E-state index is -1.53. The second-order valence-corrected chi connectivity index (χ2v) is 7.01. The fraction of sp³-hybridized carbons (Fsp3) is 0.350. The van der Waals surface area contributed by atoms with E-state index in [0.717, 1.165) is 21.2 Å². The first-order valence-electron chi connectivity index (χ1n) is 9.33. The highest BCUT2D eigenvalue weighted by Gasteiger charge is 2.40. The van der Waals surface area contributed by atoms with Gasteiger partial charge in [-0.05, 0) is 16.3 Å². The van der Waals surface area contributed by atoms with Crippen molar-refractivity contribution in [2.45, 2.75) is 31.0 Å². The van der Waals surface area contributed by atoms with Crippen LogP contribution in [-0.2, 0) is 20.7 Å². The Kier molecular flexibility index (Phi) is 6.38. The normalized spacial score (nSPS) is 19.0. The zero-order chi connectivity index (χ0) is 21.7. The number of nitrogens with zero attached hydrogens (tertiary/aromatic N) is 3. The van der Waals surface area contributed by atoms with Crippen molar-refractivity contribution in [3.8, 4) is 0 Å². The van der Waals surface area contributed by atoms with Gasteiger partial charge in [0.2, 0.25) is 10.8 Å². The highest BCUT2D eigenvalue weighted by Crippen LogP contribution is 2.21. The minimum absolute atomic E-state index is 0.0477. The molecule has 1 fully saturated rings. The Hall–Kier alpha value is -3.78. The van der Waals surface area contributed by atoms with Crippen molar-refractivity contribution in [3.63, 3.8) is 0 Å². The Labute approximate surface area is 172 Å². The van der Waals surface area contributed by atoms with Gasteiger partial charge in [-0.2, -0.15) is 0 Å². The Morgan fingerprint density at radius 1 is 1.30 bits per heavy atom. The van der Waals surface area contributed by atoms with Crippen LogP contribution < -0.4 is 15.3 Å². The Bertz CT molecular complexity index is 1020. The summed E-state index contributed by atoms with van der Waals surface area (Å²) in [6, 6.07) is 10.8. The van der Waals surface area contributed by atoms with E-state index in [9.17, 15) is 19.5 Å². The molecule has 2 N–H and O–H groups in total. The van der Waals surface area contributed by atoms with Gasteiger partial charge in [-0.1, -0.05) is 42.5 Å². The molecule has 156 valence electrons. The molecule has 1 aliphatic rings. The van der Waals surface area contributed by atoms with Crippen LogP contribution in [0.5, 0.6) is 0 Å². The average molecular weight is 411 g/mol. The van der Waals surface area contributed by atoms with E-state index in [1.807, 2.05) is 42.5 Å². The monoisotopic (exact) mass is 411 g/mol. The maximum atomic E-state index is 12.8. The molecule has 2 aromatic rings. The average Bonchev–Trinajstić information content (AvgIpc) is 3.17. The van der Waals surface area contributed by atoms with Gasteiger partial charge >= 0.3 is 5.97 Å². The molecule has 2 amide bonds. The van der Waals surface area contributed by atoms with E-state index in [2.05, 4.69) is 15.3 Å². The molecule has 0 aromatic heterocycles. The lowest BCUT2D eigenvalue weighted by atomic mass is 10.0. The van der Waals surface area contributed by atoms with E-state index in [0.29, 0.717) is 0 Å². The predicted octanol–water partition coefficient (Wildman–Crippen LogP) is 0.377. The fourth-order valence-electron chi connectivity index (χ4n) is 3.63. The van der Waals surface area contributed by atoms with Crippen molar-refractivity contribution < 1.29 is 24.2 Å². The van der Waals surface area contributed by atoms with E-state index in [1.165, 1.54) is 7.11 Å². The van der Waals surface area contributed by atoms with Gasteiger partial charge in [-0.15, -0.1) is 0 Å². The van der Waals surface area contributed by atoms with E-state index >= 15 is 0 Å². The Morgan fingerprint density at radius 2 is 2.03 bits per heavy atom. The van der Waals surface area contributed by atoms with Crippen molar-refractivity contribution in [3.05, 3.63) is 48.0 Å². The van der Waals surface area contributed by atoms with E-state index in [1.54, 1.807) is 0 Å². The van der Waals surface area contributed by atoms with Crippen LogP contribution in [0.4, 0.5) is 4.79 Å². The zero-order valence-electron chi connectivity index (χ0n) is 16.3. The summed E-state index contributed by atoms with van der Waals surface area (Å²) < 4.78 is 4.82. The minimum Gasteiger partial charge on any atom is -0.530 e. The third kappa shape index (κ3) is 4.61. The van der Waals surface area contributed by atoms with Crippen LogP contribution in [0.2, 0.25) is 0 Å². The van der Waals surface area contributed by atoms with Crippen LogP contribution in [0.25, 0.3) is 10.8 Å². The van der Waals surface area contributed by atoms with Gasteiger partial charge in [0.25, 0.3) is 0 Å². The molecule has 3 unspecified atom stereocenters. The molecule has 0 aliphatic carbocycles. The number of rotatable bonds is 6. The first kappa shape index (κ1) is 20.9. The Balaban J connectivity index is 1.78. The van der Waals surface area contributed by atoms with Gasteiger partial charge in [-0.3, -0.25) is 4.79 Å². The number of hydrogen-bond donors (Lipinski definition) is 2. The van der Waals surface area contributed by atoms with Gasteiger partial charge in [-0.25, -0.2) is 4.79 Å². The largest absolute Gasteiger partial charge is 0.530 e. The van der Waals surface area contributed by atoms with Crippen LogP contribution in [-0.4, -0.2) is 54.6 Å². The summed E-state index contributed by atoms with van der Waals surface area (Å²) in [5, 5.41) is 19.6. The number of hydrogen-bond acceptors (Lipinski definition) is 7. The van der Waals surface area contributed by atoms with Crippen molar-refractivity contribution in [1.29, 1.82) is 5.53 Å². The molecular weight excluding hydrogens is 390 g/mol. The lowest BCUT2D eigenvalue weighted by Gasteiger charge is -2.27. The highest BCUT2D eigenvalue weighted by molar-refractivity contribution is 5.90. The second-order valence-electron chi connectivity index (χ2n) is 7.01. The van der Waals surface area contributed by atoms with Gasteiger partial charge in [0.15, 0.2) is 6.04 Å². The molecule has 2 aromatic carbocycles. The topological polar surface area (TPSA) is 149 Å².